The highest BCUT2D eigenvalue weighted by molar-refractivity contribution is 9.10. The second-order valence-electron chi connectivity index (χ2n) is 4.88. The molecule has 2 aromatic rings. The molecule has 1 aliphatic rings. The molecule has 2 aromatic carbocycles. The lowest BCUT2D eigenvalue weighted by Gasteiger charge is -2.18. The van der Waals surface area contributed by atoms with Crippen molar-refractivity contribution < 1.29 is 14.6 Å². The largest absolute Gasteiger partial charge is 0.478 e. The topological polar surface area (TPSA) is 62.1 Å². The normalized spacial score (nSPS) is 17.1. The van der Waals surface area contributed by atoms with Crippen molar-refractivity contribution in [3.63, 3.8) is 0 Å². The van der Waals surface area contributed by atoms with Crippen LogP contribution in [0.5, 0.6) is 0 Å². The van der Waals surface area contributed by atoms with Gasteiger partial charge in [-0.05, 0) is 36.4 Å². The molecule has 0 saturated carbocycles. The molecule has 6 heteroatoms. The van der Waals surface area contributed by atoms with Crippen LogP contribution in [0.3, 0.4) is 0 Å². The quantitative estimate of drug-likeness (QED) is 0.910. The molecule has 112 valence electrons. The molecule has 0 aliphatic carbocycles. The Balaban J connectivity index is 1.81. The molecule has 5 nitrogen and oxygen atoms in total. The number of ether oxygens (including phenoxy) is 1. The third kappa shape index (κ3) is 2.82. The second kappa shape index (κ2) is 5.81. The minimum atomic E-state index is -0.953. The molecular formula is C16H13BrN2O3. The Kier molecular flexibility index (Phi) is 3.85. The van der Waals surface area contributed by atoms with Crippen molar-refractivity contribution >= 4 is 27.8 Å². The van der Waals surface area contributed by atoms with Crippen molar-refractivity contribution in [2.75, 3.05) is 7.05 Å². The van der Waals surface area contributed by atoms with E-state index in [1.54, 1.807) is 17.1 Å². The van der Waals surface area contributed by atoms with Gasteiger partial charge < -0.3 is 9.84 Å². The van der Waals surface area contributed by atoms with Gasteiger partial charge in [0.25, 0.3) is 0 Å². The van der Waals surface area contributed by atoms with Gasteiger partial charge in [-0.15, -0.1) is 5.10 Å². The first-order valence-electron chi connectivity index (χ1n) is 6.62. The molecule has 1 heterocycles. The Labute approximate surface area is 136 Å². The number of hydrogen-bond acceptors (Lipinski definition) is 4. The van der Waals surface area contributed by atoms with Gasteiger partial charge in [0.15, 0.2) is 0 Å². The van der Waals surface area contributed by atoms with Crippen molar-refractivity contribution in [3.05, 3.63) is 69.7 Å². The van der Waals surface area contributed by atoms with E-state index < -0.39 is 5.97 Å². The van der Waals surface area contributed by atoms with Crippen LogP contribution in [-0.2, 0) is 4.74 Å². The predicted octanol–water partition coefficient (Wildman–Crippen LogP) is 3.47. The van der Waals surface area contributed by atoms with Crippen LogP contribution in [-0.4, -0.2) is 29.0 Å². The Morgan fingerprint density at radius 3 is 2.41 bits per heavy atom. The number of carboxylic acid groups (broad SMARTS) is 1. The summed E-state index contributed by atoms with van der Waals surface area (Å²) in [6.45, 7) is 0. The van der Waals surface area contributed by atoms with Gasteiger partial charge in [-0.1, -0.05) is 28.1 Å². The number of carbonyl (C=O) groups is 1. The van der Waals surface area contributed by atoms with Crippen LogP contribution in [0.15, 0.2) is 58.1 Å². The molecule has 0 aromatic heterocycles. The number of aromatic carboxylic acids is 1. The van der Waals surface area contributed by atoms with Gasteiger partial charge in [0.1, 0.15) is 0 Å². The van der Waals surface area contributed by atoms with E-state index in [9.17, 15) is 4.79 Å². The molecule has 0 bridgehead atoms. The Hall–Kier alpha value is -2.34. The summed E-state index contributed by atoms with van der Waals surface area (Å²) >= 11 is 3.41. The lowest BCUT2D eigenvalue weighted by atomic mass is 10.1. The molecule has 0 fully saturated rings. The zero-order valence-corrected chi connectivity index (χ0v) is 13.3. The number of nitrogens with zero attached hydrogens (tertiary/aromatic N) is 2. The van der Waals surface area contributed by atoms with E-state index in [1.165, 1.54) is 12.1 Å². The summed E-state index contributed by atoms with van der Waals surface area (Å²) < 4.78 is 6.90. The average Bonchev–Trinajstić information content (AvgIpc) is 2.90. The van der Waals surface area contributed by atoms with Gasteiger partial charge in [-0.25, -0.2) is 4.79 Å². The van der Waals surface area contributed by atoms with Gasteiger partial charge >= 0.3 is 5.97 Å². The van der Waals surface area contributed by atoms with Crippen molar-refractivity contribution in [1.82, 2.24) is 5.01 Å². The predicted molar refractivity (Wildman–Crippen MR) is 85.7 cm³/mol. The highest BCUT2D eigenvalue weighted by atomic mass is 79.9. The van der Waals surface area contributed by atoms with Crippen molar-refractivity contribution in [3.8, 4) is 0 Å². The van der Waals surface area contributed by atoms with E-state index in [0.717, 1.165) is 15.6 Å². The SMILES string of the molecule is CN1N=C(c2ccc(C(=O)O)cc2)OC1c1ccc(Br)cc1. The van der Waals surface area contributed by atoms with Crippen LogP contribution in [0.25, 0.3) is 0 Å². The fraction of sp³-hybridized carbons (Fsp3) is 0.125. The van der Waals surface area contributed by atoms with Crippen molar-refractivity contribution in [1.29, 1.82) is 0 Å². The third-order valence-corrected chi connectivity index (χ3v) is 3.87. The van der Waals surface area contributed by atoms with E-state index in [1.807, 2.05) is 31.3 Å². The fourth-order valence-corrected chi connectivity index (χ4v) is 2.46. The monoisotopic (exact) mass is 360 g/mol. The van der Waals surface area contributed by atoms with Crippen LogP contribution in [0.4, 0.5) is 0 Å². The van der Waals surface area contributed by atoms with Gasteiger partial charge in [0.05, 0.1) is 5.56 Å². The summed E-state index contributed by atoms with van der Waals surface area (Å²) in [5, 5.41) is 15.0. The molecule has 0 saturated heterocycles. The number of carboxylic acids is 1. The van der Waals surface area contributed by atoms with Gasteiger partial charge in [-0.2, -0.15) is 0 Å². The number of hydrogen-bond donors (Lipinski definition) is 1. The lowest BCUT2D eigenvalue weighted by Crippen LogP contribution is -2.15. The molecule has 22 heavy (non-hydrogen) atoms. The molecule has 3 rings (SSSR count). The number of hydrazone groups is 1. The van der Waals surface area contributed by atoms with Gasteiger partial charge in [0.2, 0.25) is 12.1 Å². The average molecular weight is 361 g/mol. The summed E-state index contributed by atoms with van der Waals surface area (Å²) in [7, 11) is 1.84. The first-order valence-corrected chi connectivity index (χ1v) is 7.41. The van der Waals surface area contributed by atoms with E-state index in [2.05, 4.69) is 21.0 Å². The molecule has 0 amide bonds. The summed E-state index contributed by atoms with van der Waals surface area (Å²) in [5.41, 5.74) is 1.98. The molecule has 1 unspecified atom stereocenters. The molecule has 1 atom stereocenters. The minimum Gasteiger partial charge on any atom is -0.478 e. The summed E-state index contributed by atoms with van der Waals surface area (Å²) in [6.07, 6.45) is -0.290. The van der Waals surface area contributed by atoms with E-state index >= 15 is 0 Å². The zero-order chi connectivity index (χ0) is 15.7. The van der Waals surface area contributed by atoms with E-state index in [0.29, 0.717) is 5.90 Å². The maximum atomic E-state index is 10.9. The number of halogens is 1. The van der Waals surface area contributed by atoms with Crippen molar-refractivity contribution in [2.45, 2.75) is 6.23 Å². The van der Waals surface area contributed by atoms with Crippen LogP contribution in [0.2, 0.25) is 0 Å². The molecular weight excluding hydrogens is 348 g/mol. The summed E-state index contributed by atoms with van der Waals surface area (Å²) in [6, 6.07) is 14.3. The maximum Gasteiger partial charge on any atom is 0.335 e. The second-order valence-corrected chi connectivity index (χ2v) is 5.80. The van der Waals surface area contributed by atoms with Crippen LogP contribution in [0, 0.1) is 0 Å². The molecule has 1 aliphatic heterocycles. The molecule has 1 N–H and O–H groups in total. The van der Waals surface area contributed by atoms with E-state index in [-0.39, 0.29) is 11.8 Å². The Morgan fingerprint density at radius 1 is 1.18 bits per heavy atom. The number of rotatable bonds is 3. The van der Waals surface area contributed by atoms with Crippen LogP contribution < -0.4 is 0 Å². The molecule has 0 radical (unpaired) electrons. The highest BCUT2D eigenvalue weighted by Gasteiger charge is 2.27. The maximum absolute atomic E-state index is 10.9. The van der Waals surface area contributed by atoms with Crippen molar-refractivity contribution in [2.24, 2.45) is 5.10 Å². The first-order chi connectivity index (χ1) is 10.5. The smallest absolute Gasteiger partial charge is 0.335 e. The fourth-order valence-electron chi connectivity index (χ4n) is 2.19. The van der Waals surface area contributed by atoms with Gasteiger partial charge in [0, 0.05) is 22.6 Å². The third-order valence-electron chi connectivity index (χ3n) is 3.35. The minimum absolute atomic E-state index is 0.236. The zero-order valence-electron chi connectivity index (χ0n) is 11.7. The Bertz CT molecular complexity index is 726. The Morgan fingerprint density at radius 2 is 1.82 bits per heavy atom. The number of benzene rings is 2. The summed E-state index contributed by atoms with van der Waals surface area (Å²) in [5.74, 6) is -0.474. The lowest BCUT2D eigenvalue weighted by molar-refractivity contribution is 0.0696. The van der Waals surface area contributed by atoms with Crippen LogP contribution in [0.1, 0.15) is 27.7 Å². The van der Waals surface area contributed by atoms with Gasteiger partial charge in [-0.3, -0.25) is 5.01 Å². The molecule has 0 spiro atoms. The van der Waals surface area contributed by atoms with Crippen LogP contribution >= 0.6 is 15.9 Å². The van der Waals surface area contributed by atoms with E-state index in [4.69, 9.17) is 9.84 Å². The highest BCUT2D eigenvalue weighted by Crippen LogP contribution is 2.29. The standard InChI is InChI=1S/C16H13BrN2O3/c1-19-15(11-6-8-13(17)9-7-11)22-14(18-19)10-2-4-12(5-3-10)16(20)21/h2-9,15H,1H3,(H,20,21). The first kappa shape index (κ1) is 14.6. The summed E-state index contributed by atoms with van der Waals surface area (Å²) in [4.78, 5) is 10.9.